The molecule has 0 saturated heterocycles. The average Bonchev–Trinajstić information content (AvgIpc) is 2.61. The van der Waals surface area contributed by atoms with Gasteiger partial charge in [0, 0.05) is 23.2 Å². The van der Waals surface area contributed by atoms with Gasteiger partial charge in [0.2, 0.25) is 0 Å². The Morgan fingerprint density at radius 3 is 2.71 bits per heavy atom. The number of nitrogens with zero attached hydrogens (tertiary/aromatic N) is 2. The number of rotatable bonds is 4. The number of phenols is 1. The van der Waals surface area contributed by atoms with Crippen molar-refractivity contribution in [2.24, 2.45) is 4.99 Å². The van der Waals surface area contributed by atoms with Crippen LogP contribution in [-0.4, -0.2) is 23.4 Å². The summed E-state index contributed by atoms with van der Waals surface area (Å²) < 4.78 is 5.14. The van der Waals surface area contributed by atoms with Crippen LogP contribution in [0.15, 0.2) is 59.6 Å². The van der Waals surface area contributed by atoms with Gasteiger partial charge >= 0.3 is 0 Å². The Morgan fingerprint density at radius 1 is 1.17 bits per heavy atom. The van der Waals surface area contributed by atoms with Crippen molar-refractivity contribution in [3.63, 3.8) is 0 Å². The predicted molar refractivity (Wildman–Crippen MR) is 92.5 cm³/mol. The molecular weight excluding hydrogens is 308 g/mol. The van der Waals surface area contributed by atoms with Gasteiger partial charge < -0.3 is 9.84 Å². The Hall–Kier alpha value is -3.41. The van der Waals surface area contributed by atoms with Crippen molar-refractivity contribution in [3.8, 4) is 11.5 Å². The predicted octanol–water partition coefficient (Wildman–Crippen LogP) is 4.21. The summed E-state index contributed by atoms with van der Waals surface area (Å²) in [6.45, 7) is 0. The van der Waals surface area contributed by atoms with Gasteiger partial charge in [-0.3, -0.25) is 15.1 Å². The Kier molecular flexibility index (Phi) is 4.11. The largest absolute Gasteiger partial charge is 0.507 e. The van der Waals surface area contributed by atoms with Gasteiger partial charge in [0.15, 0.2) is 5.75 Å². The van der Waals surface area contributed by atoms with Gasteiger partial charge in [0.25, 0.3) is 5.69 Å². The van der Waals surface area contributed by atoms with Crippen LogP contribution in [0.5, 0.6) is 11.5 Å². The topological polar surface area (TPSA) is 85.0 Å². The van der Waals surface area contributed by atoms with Crippen LogP contribution in [0.3, 0.4) is 0 Å². The minimum Gasteiger partial charge on any atom is -0.507 e. The molecule has 0 spiro atoms. The number of nitro benzene ring substituents is 1. The normalized spacial score (nSPS) is 11.0. The summed E-state index contributed by atoms with van der Waals surface area (Å²) in [4.78, 5) is 14.6. The molecule has 0 aliphatic rings. The number of methoxy groups -OCH3 is 1. The van der Waals surface area contributed by atoms with Gasteiger partial charge in [-0.15, -0.1) is 0 Å². The van der Waals surface area contributed by atoms with Gasteiger partial charge in [0.1, 0.15) is 11.4 Å². The van der Waals surface area contributed by atoms with Crippen LogP contribution in [-0.2, 0) is 0 Å². The molecule has 0 aromatic heterocycles. The molecule has 24 heavy (non-hydrogen) atoms. The van der Waals surface area contributed by atoms with Crippen molar-refractivity contribution in [2.45, 2.75) is 0 Å². The lowest BCUT2D eigenvalue weighted by atomic mass is 10.1. The molecule has 0 heterocycles. The summed E-state index contributed by atoms with van der Waals surface area (Å²) in [7, 11) is 1.42. The molecule has 0 aliphatic heterocycles. The van der Waals surface area contributed by atoms with Crippen LogP contribution < -0.4 is 4.74 Å². The summed E-state index contributed by atoms with van der Waals surface area (Å²) in [5.41, 5.74) is 0.920. The summed E-state index contributed by atoms with van der Waals surface area (Å²) in [6, 6.07) is 15.3. The third-order valence-corrected chi connectivity index (χ3v) is 3.65. The molecule has 3 rings (SSSR count). The molecule has 0 unspecified atom stereocenters. The second-order valence-corrected chi connectivity index (χ2v) is 5.10. The lowest BCUT2D eigenvalue weighted by Gasteiger charge is -2.05. The molecule has 0 amide bonds. The minimum atomic E-state index is -0.495. The van der Waals surface area contributed by atoms with Crippen LogP contribution in [0.2, 0.25) is 0 Å². The third kappa shape index (κ3) is 2.89. The summed E-state index contributed by atoms with van der Waals surface area (Å²) in [6.07, 6.45) is 1.51. The van der Waals surface area contributed by atoms with Crippen LogP contribution in [0, 0.1) is 10.1 Å². The lowest BCUT2D eigenvalue weighted by Crippen LogP contribution is -1.90. The van der Waals surface area contributed by atoms with Crippen molar-refractivity contribution in [1.29, 1.82) is 0 Å². The maximum atomic E-state index is 10.8. The van der Waals surface area contributed by atoms with Crippen LogP contribution in [0.1, 0.15) is 5.56 Å². The molecule has 3 aromatic carbocycles. The van der Waals surface area contributed by atoms with E-state index in [1.165, 1.54) is 31.5 Å². The smallest absolute Gasteiger partial charge is 0.273 e. The number of hydrogen-bond donors (Lipinski definition) is 1. The molecule has 3 aromatic rings. The van der Waals surface area contributed by atoms with E-state index in [0.717, 1.165) is 10.8 Å². The number of hydrogen-bond acceptors (Lipinski definition) is 5. The lowest BCUT2D eigenvalue weighted by molar-refractivity contribution is -0.384. The quantitative estimate of drug-likeness (QED) is 0.443. The molecule has 0 fully saturated rings. The standard InChI is InChI=1S/C18H14N2O4/c1-24-17-10-14(20(22)23)8-9-16(17)19-11-13-7-6-12-4-2-3-5-15(12)18(13)21/h2-11,21H,1H3. The highest BCUT2D eigenvalue weighted by Gasteiger charge is 2.11. The molecule has 120 valence electrons. The molecule has 6 nitrogen and oxygen atoms in total. The third-order valence-electron chi connectivity index (χ3n) is 3.65. The summed E-state index contributed by atoms with van der Waals surface area (Å²) >= 11 is 0. The highest BCUT2D eigenvalue weighted by Crippen LogP contribution is 2.32. The van der Waals surface area contributed by atoms with Gasteiger partial charge in [-0.2, -0.15) is 0 Å². The first-order valence-electron chi connectivity index (χ1n) is 7.17. The monoisotopic (exact) mass is 322 g/mol. The second-order valence-electron chi connectivity index (χ2n) is 5.10. The maximum Gasteiger partial charge on any atom is 0.273 e. The number of benzene rings is 3. The fourth-order valence-electron chi connectivity index (χ4n) is 2.40. The maximum absolute atomic E-state index is 10.8. The van der Waals surface area contributed by atoms with E-state index in [0.29, 0.717) is 17.0 Å². The Bertz CT molecular complexity index is 951. The van der Waals surface area contributed by atoms with Crippen molar-refractivity contribution in [1.82, 2.24) is 0 Å². The Labute approximate surface area is 137 Å². The van der Waals surface area contributed by atoms with Crippen LogP contribution in [0.4, 0.5) is 11.4 Å². The molecule has 0 bridgehead atoms. The zero-order valence-electron chi connectivity index (χ0n) is 12.8. The zero-order valence-corrected chi connectivity index (χ0v) is 12.8. The molecule has 1 N–H and O–H groups in total. The van der Waals surface area contributed by atoms with E-state index in [1.54, 1.807) is 6.07 Å². The fourth-order valence-corrected chi connectivity index (χ4v) is 2.40. The van der Waals surface area contributed by atoms with E-state index in [2.05, 4.69) is 4.99 Å². The first kappa shape index (κ1) is 15.5. The summed E-state index contributed by atoms with van der Waals surface area (Å²) in [5, 5.41) is 22.8. The van der Waals surface area contributed by atoms with Crippen LogP contribution >= 0.6 is 0 Å². The summed E-state index contributed by atoms with van der Waals surface area (Å²) in [5.74, 6) is 0.429. The van der Waals surface area contributed by atoms with Crippen molar-refractivity contribution >= 4 is 28.4 Å². The average molecular weight is 322 g/mol. The Balaban J connectivity index is 1.99. The minimum absolute atomic E-state index is 0.0700. The highest BCUT2D eigenvalue weighted by atomic mass is 16.6. The van der Waals surface area contributed by atoms with Crippen molar-refractivity contribution in [2.75, 3.05) is 7.11 Å². The first-order valence-corrected chi connectivity index (χ1v) is 7.17. The second kappa shape index (κ2) is 6.37. The molecular formula is C18H14N2O4. The number of non-ortho nitro benzene ring substituents is 1. The van der Waals surface area contributed by atoms with Gasteiger partial charge in [-0.1, -0.05) is 30.3 Å². The highest BCUT2D eigenvalue weighted by molar-refractivity contribution is 5.97. The SMILES string of the molecule is COc1cc([N+](=O)[O-])ccc1N=Cc1ccc2ccccc2c1O. The van der Waals surface area contributed by atoms with Gasteiger partial charge in [0.05, 0.1) is 18.1 Å². The first-order chi connectivity index (χ1) is 11.6. The van der Waals surface area contributed by atoms with E-state index < -0.39 is 4.92 Å². The van der Waals surface area contributed by atoms with Crippen molar-refractivity contribution < 1.29 is 14.8 Å². The van der Waals surface area contributed by atoms with E-state index in [-0.39, 0.29) is 11.4 Å². The van der Waals surface area contributed by atoms with E-state index in [1.807, 2.05) is 30.3 Å². The molecule has 0 saturated carbocycles. The molecule has 0 radical (unpaired) electrons. The molecule has 0 aliphatic carbocycles. The van der Waals surface area contributed by atoms with Crippen LogP contribution in [0.25, 0.3) is 10.8 Å². The zero-order chi connectivity index (χ0) is 17.1. The van der Waals surface area contributed by atoms with Gasteiger partial charge in [-0.05, 0) is 17.5 Å². The number of ether oxygens (including phenoxy) is 1. The van der Waals surface area contributed by atoms with Gasteiger partial charge in [-0.25, -0.2) is 0 Å². The molecule has 0 atom stereocenters. The number of nitro groups is 1. The Morgan fingerprint density at radius 2 is 1.96 bits per heavy atom. The number of phenolic OH excluding ortho intramolecular Hbond substituents is 1. The van der Waals surface area contributed by atoms with Crippen molar-refractivity contribution in [3.05, 3.63) is 70.3 Å². The number of aromatic hydroxyl groups is 1. The fraction of sp³-hybridized carbons (Fsp3) is 0.0556. The number of aliphatic imine (C=N–C) groups is 1. The molecule has 6 heteroatoms. The van der Waals surface area contributed by atoms with E-state index >= 15 is 0 Å². The van der Waals surface area contributed by atoms with E-state index in [9.17, 15) is 15.2 Å². The van der Waals surface area contributed by atoms with E-state index in [4.69, 9.17) is 4.74 Å². The number of fused-ring (bicyclic) bond motifs is 1.